The Kier molecular flexibility index (Phi) is 6.28. The lowest BCUT2D eigenvalue weighted by Crippen LogP contribution is -1.91. The van der Waals surface area contributed by atoms with E-state index in [1.54, 1.807) is 0 Å². The highest BCUT2D eigenvalue weighted by molar-refractivity contribution is 7.26. The zero-order valence-corrected chi connectivity index (χ0v) is 30.0. The molecule has 0 spiro atoms. The highest BCUT2D eigenvalue weighted by Gasteiger charge is 2.22. The monoisotopic (exact) mass is 702 g/mol. The summed E-state index contributed by atoms with van der Waals surface area (Å²) in [6.45, 7) is 0. The van der Waals surface area contributed by atoms with Gasteiger partial charge in [-0.15, -0.1) is 11.3 Å². The number of hydrogen-bond acceptors (Lipinski definition) is 2. The Morgan fingerprint density at radius 2 is 0.870 bits per heavy atom. The standard InChI is InChI=1S/C52H30OS/c1-2-13-35-29-36(26-21-31(35)11-1)48-40-17-7-5-15-38(40)47(39-16-6-8-18-41(39)48)34-24-22-33(23-25-34)43-30-46-50(42-19-9-10-20-45(42)54-46)51-49-37-14-4-3-12-32(37)27-28-44(49)53-52(43)51/h1-30H. The lowest BCUT2D eigenvalue weighted by Gasteiger charge is -2.18. The van der Waals surface area contributed by atoms with Crippen LogP contribution in [0.5, 0.6) is 0 Å². The van der Waals surface area contributed by atoms with E-state index in [1.807, 2.05) is 11.3 Å². The van der Waals surface area contributed by atoms with Crippen LogP contribution < -0.4 is 0 Å². The van der Waals surface area contributed by atoms with E-state index >= 15 is 0 Å². The van der Waals surface area contributed by atoms with Gasteiger partial charge in [-0.1, -0.05) is 158 Å². The van der Waals surface area contributed by atoms with E-state index in [9.17, 15) is 0 Å². The van der Waals surface area contributed by atoms with Crippen molar-refractivity contribution in [2.75, 3.05) is 0 Å². The van der Waals surface area contributed by atoms with E-state index in [4.69, 9.17) is 4.42 Å². The number of furan rings is 1. The summed E-state index contributed by atoms with van der Waals surface area (Å²) in [4.78, 5) is 0. The summed E-state index contributed by atoms with van der Waals surface area (Å²) in [6.07, 6.45) is 0. The third-order valence-electron chi connectivity index (χ3n) is 11.4. The lowest BCUT2D eigenvalue weighted by molar-refractivity contribution is 0.670. The van der Waals surface area contributed by atoms with Crippen molar-refractivity contribution < 1.29 is 4.42 Å². The summed E-state index contributed by atoms with van der Waals surface area (Å²) >= 11 is 1.86. The van der Waals surface area contributed by atoms with Gasteiger partial charge in [-0.2, -0.15) is 0 Å². The first-order valence-electron chi connectivity index (χ1n) is 18.5. The molecule has 2 heteroatoms. The maximum Gasteiger partial charge on any atom is 0.143 e. The minimum Gasteiger partial charge on any atom is -0.455 e. The first-order chi connectivity index (χ1) is 26.8. The van der Waals surface area contributed by atoms with Crippen LogP contribution in [0.2, 0.25) is 0 Å². The number of fused-ring (bicyclic) bond motifs is 12. The van der Waals surface area contributed by atoms with Crippen molar-refractivity contribution in [2.24, 2.45) is 0 Å². The van der Waals surface area contributed by atoms with Crippen LogP contribution in [0.4, 0.5) is 0 Å². The van der Waals surface area contributed by atoms with Crippen LogP contribution in [0, 0.1) is 0 Å². The molecule has 250 valence electrons. The molecule has 54 heavy (non-hydrogen) atoms. The van der Waals surface area contributed by atoms with Crippen molar-refractivity contribution in [1.29, 1.82) is 0 Å². The van der Waals surface area contributed by atoms with E-state index < -0.39 is 0 Å². The minimum atomic E-state index is 0.925. The molecule has 1 nitrogen and oxygen atoms in total. The van der Waals surface area contributed by atoms with Gasteiger partial charge < -0.3 is 4.42 Å². The molecule has 0 fully saturated rings. The molecule has 0 aliphatic carbocycles. The molecular formula is C52H30OS. The molecule has 0 radical (unpaired) electrons. The smallest absolute Gasteiger partial charge is 0.143 e. The molecule has 0 saturated carbocycles. The molecule has 0 saturated heterocycles. The van der Waals surface area contributed by atoms with Crippen molar-refractivity contribution in [1.82, 2.24) is 0 Å². The molecule has 2 heterocycles. The van der Waals surface area contributed by atoms with E-state index in [2.05, 4.69) is 182 Å². The van der Waals surface area contributed by atoms with Gasteiger partial charge in [0.1, 0.15) is 11.2 Å². The van der Waals surface area contributed by atoms with Gasteiger partial charge in [-0.05, 0) is 95.2 Å². The Hall–Kier alpha value is -6.74. The largest absolute Gasteiger partial charge is 0.455 e. The molecule has 12 rings (SSSR count). The van der Waals surface area contributed by atoms with Crippen LogP contribution in [0.25, 0.3) is 119 Å². The Bertz CT molecular complexity index is 3430. The van der Waals surface area contributed by atoms with Crippen LogP contribution in [0.15, 0.2) is 186 Å². The van der Waals surface area contributed by atoms with Gasteiger partial charge in [-0.3, -0.25) is 0 Å². The molecule has 2 aromatic heterocycles. The summed E-state index contributed by atoms with van der Waals surface area (Å²) in [7, 11) is 0. The van der Waals surface area contributed by atoms with Gasteiger partial charge in [0.15, 0.2) is 0 Å². The number of hydrogen-bond donors (Lipinski definition) is 0. The fraction of sp³-hybridized carbons (Fsp3) is 0. The summed E-state index contributed by atoms with van der Waals surface area (Å²) in [5.41, 5.74) is 9.12. The van der Waals surface area contributed by atoms with E-state index in [-0.39, 0.29) is 0 Å². The number of benzene rings is 10. The highest BCUT2D eigenvalue weighted by Crippen LogP contribution is 2.49. The third-order valence-corrected chi connectivity index (χ3v) is 12.5. The van der Waals surface area contributed by atoms with E-state index in [1.165, 1.54) is 96.3 Å². The van der Waals surface area contributed by atoms with Crippen LogP contribution >= 0.6 is 11.3 Å². The molecule has 0 amide bonds. The molecular weight excluding hydrogens is 673 g/mol. The van der Waals surface area contributed by atoms with E-state index in [0.717, 1.165) is 22.3 Å². The number of rotatable bonds is 3. The van der Waals surface area contributed by atoms with Crippen LogP contribution in [0.1, 0.15) is 0 Å². The predicted molar refractivity (Wildman–Crippen MR) is 233 cm³/mol. The molecule has 0 aliphatic heterocycles. The average molecular weight is 703 g/mol. The molecule has 0 aliphatic rings. The fourth-order valence-electron chi connectivity index (χ4n) is 9.04. The topological polar surface area (TPSA) is 13.1 Å². The van der Waals surface area contributed by atoms with Gasteiger partial charge >= 0.3 is 0 Å². The molecule has 0 N–H and O–H groups in total. The third kappa shape index (κ3) is 4.26. The quantitative estimate of drug-likeness (QED) is 0.167. The van der Waals surface area contributed by atoms with Gasteiger partial charge in [0.2, 0.25) is 0 Å². The molecule has 0 atom stereocenters. The Morgan fingerprint density at radius 3 is 1.59 bits per heavy atom. The maximum absolute atomic E-state index is 6.89. The number of thiophene rings is 1. The normalized spacial score (nSPS) is 12.1. The Balaban J connectivity index is 1.09. The summed E-state index contributed by atoms with van der Waals surface area (Å²) in [5.74, 6) is 0. The SMILES string of the molecule is c1ccc2cc(-c3c4ccccc4c(-c4ccc(-c5cc6sc7ccccc7c6c6c5oc5ccc7ccccc7c56)cc4)c4ccccc34)ccc2c1. The van der Waals surface area contributed by atoms with Crippen LogP contribution in [-0.2, 0) is 0 Å². The van der Waals surface area contributed by atoms with E-state index in [0.29, 0.717) is 0 Å². The summed E-state index contributed by atoms with van der Waals surface area (Å²) in [5, 5.41) is 15.0. The second-order valence-electron chi connectivity index (χ2n) is 14.3. The zero-order chi connectivity index (χ0) is 35.3. The molecule has 10 aromatic carbocycles. The van der Waals surface area contributed by atoms with Crippen molar-refractivity contribution in [3.63, 3.8) is 0 Å². The predicted octanol–water partition coefficient (Wildman–Crippen LogP) is 15.6. The van der Waals surface area contributed by atoms with Crippen LogP contribution in [0.3, 0.4) is 0 Å². The van der Waals surface area contributed by atoms with Crippen LogP contribution in [-0.4, -0.2) is 0 Å². The Labute approximate surface area is 314 Å². The second-order valence-corrected chi connectivity index (χ2v) is 15.4. The summed E-state index contributed by atoms with van der Waals surface area (Å²) in [6, 6.07) is 66.6. The van der Waals surface area contributed by atoms with Gasteiger partial charge in [-0.25, -0.2) is 0 Å². The molecule has 0 bridgehead atoms. The molecule has 12 aromatic rings. The minimum absolute atomic E-state index is 0.925. The maximum atomic E-state index is 6.89. The van der Waals surface area contributed by atoms with Crippen molar-refractivity contribution >= 4 is 96.5 Å². The van der Waals surface area contributed by atoms with Gasteiger partial charge in [0.05, 0.1) is 0 Å². The van der Waals surface area contributed by atoms with Crippen molar-refractivity contribution in [3.8, 4) is 33.4 Å². The lowest BCUT2D eigenvalue weighted by atomic mass is 9.85. The molecule has 0 unspecified atom stereocenters. The first kappa shape index (κ1) is 29.8. The Morgan fingerprint density at radius 1 is 0.333 bits per heavy atom. The zero-order valence-electron chi connectivity index (χ0n) is 29.1. The first-order valence-corrected chi connectivity index (χ1v) is 19.3. The van der Waals surface area contributed by atoms with Crippen molar-refractivity contribution in [3.05, 3.63) is 182 Å². The second kappa shape index (κ2) is 11.4. The summed E-state index contributed by atoms with van der Waals surface area (Å²) < 4.78 is 9.46. The van der Waals surface area contributed by atoms with Gasteiger partial charge in [0.25, 0.3) is 0 Å². The highest BCUT2D eigenvalue weighted by atomic mass is 32.1. The average Bonchev–Trinajstić information content (AvgIpc) is 3.81. The fourth-order valence-corrected chi connectivity index (χ4v) is 10.2. The van der Waals surface area contributed by atoms with Crippen molar-refractivity contribution in [2.45, 2.75) is 0 Å². The van der Waals surface area contributed by atoms with Gasteiger partial charge in [0, 0.05) is 36.5 Å².